The van der Waals surface area contributed by atoms with Crippen molar-refractivity contribution in [2.24, 2.45) is 11.8 Å². The third kappa shape index (κ3) is 1.97. The van der Waals surface area contributed by atoms with Crippen LogP contribution in [0.25, 0.3) is 0 Å². The van der Waals surface area contributed by atoms with Gasteiger partial charge in [-0.3, -0.25) is 4.90 Å². The maximum atomic E-state index is 14.0. The van der Waals surface area contributed by atoms with E-state index in [4.69, 9.17) is 0 Å². The zero-order valence-electron chi connectivity index (χ0n) is 12.3. The highest BCUT2D eigenvalue weighted by molar-refractivity contribution is 5.23. The molecule has 1 aromatic rings. The second kappa shape index (κ2) is 4.78. The molecule has 0 spiro atoms. The quantitative estimate of drug-likeness (QED) is 0.896. The second-order valence-electron chi connectivity index (χ2n) is 6.65. The van der Waals surface area contributed by atoms with E-state index < -0.39 is 11.6 Å². The molecule has 2 aliphatic heterocycles. The highest BCUT2D eigenvalue weighted by Crippen LogP contribution is 2.45. The summed E-state index contributed by atoms with van der Waals surface area (Å²) in [5.41, 5.74) is 0.470. The molecule has 1 N–H and O–H groups in total. The van der Waals surface area contributed by atoms with Gasteiger partial charge in [-0.1, -0.05) is 12.1 Å². The molecule has 110 valence electrons. The topological polar surface area (TPSA) is 15.3 Å². The van der Waals surface area contributed by atoms with Gasteiger partial charge in [-0.15, -0.1) is 0 Å². The first-order chi connectivity index (χ1) is 9.43. The van der Waals surface area contributed by atoms with Crippen molar-refractivity contribution in [1.29, 1.82) is 0 Å². The van der Waals surface area contributed by atoms with Gasteiger partial charge >= 0.3 is 0 Å². The Morgan fingerprint density at radius 3 is 2.75 bits per heavy atom. The second-order valence-corrected chi connectivity index (χ2v) is 6.65. The van der Waals surface area contributed by atoms with Crippen LogP contribution in [0.4, 0.5) is 8.78 Å². The molecule has 0 aliphatic carbocycles. The fourth-order valence-corrected chi connectivity index (χ4v) is 4.12. The van der Waals surface area contributed by atoms with Crippen LogP contribution < -0.4 is 5.32 Å². The maximum Gasteiger partial charge on any atom is 0.163 e. The fraction of sp³-hybridized carbons (Fsp3) is 0.625. The monoisotopic (exact) mass is 280 g/mol. The molecule has 2 nitrogen and oxygen atoms in total. The first-order valence-corrected chi connectivity index (χ1v) is 7.34. The number of rotatable bonds is 2. The van der Waals surface area contributed by atoms with Gasteiger partial charge in [0.2, 0.25) is 0 Å². The molecule has 1 aromatic carbocycles. The molecule has 0 aromatic heterocycles. The Morgan fingerprint density at radius 2 is 2.05 bits per heavy atom. The number of benzene rings is 1. The molecule has 4 heteroatoms. The molecule has 2 saturated heterocycles. The molecule has 20 heavy (non-hydrogen) atoms. The first-order valence-electron chi connectivity index (χ1n) is 7.34. The molecule has 2 aliphatic rings. The number of hydrogen-bond donors (Lipinski definition) is 1. The maximum absolute atomic E-state index is 14.0. The van der Waals surface area contributed by atoms with E-state index in [9.17, 15) is 8.78 Å². The zero-order chi connectivity index (χ0) is 14.5. The van der Waals surface area contributed by atoms with Gasteiger partial charge < -0.3 is 5.32 Å². The summed E-state index contributed by atoms with van der Waals surface area (Å²) in [5.74, 6) is -0.259. The van der Waals surface area contributed by atoms with Gasteiger partial charge in [-0.05, 0) is 45.2 Å². The van der Waals surface area contributed by atoms with Gasteiger partial charge in [-0.25, -0.2) is 8.78 Å². The van der Waals surface area contributed by atoms with E-state index in [0.717, 1.165) is 19.6 Å². The molecule has 3 unspecified atom stereocenters. The van der Waals surface area contributed by atoms with E-state index >= 15 is 0 Å². The third-order valence-corrected chi connectivity index (χ3v) is 5.32. The van der Waals surface area contributed by atoms with Crippen LogP contribution in [0, 0.1) is 23.5 Å². The van der Waals surface area contributed by atoms with E-state index in [1.165, 1.54) is 6.07 Å². The number of nitrogens with zero attached hydrogens (tertiary/aromatic N) is 1. The minimum Gasteiger partial charge on any atom is -0.316 e. The molecule has 2 fully saturated rings. The van der Waals surface area contributed by atoms with Gasteiger partial charge in [0.05, 0.1) is 0 Å². The Morgan fingerprint density at radius 1 is 1.30 bits per heavy atom. The highest BCUT2D eigenvalue weighted by Gasteiger charge is 2.51. The first kappa shape index (κ1) is 14.0. The molecule has 0 amide bonds. The largest absolute Gasteiger partial charge is 0.316 e. The van der Waals surface area contributed by atoms with Crippen molar-refractivity contribution in [3.8, 4) is 0 Å². The lowest BCUT2D eigenvalue weighted by Crippen LogP contribution is -2.45. The summed E-state index contributed by atoms with van der Waals surface area (Å²) >= 11 is 0. The Bertz CT molecular complexity index is 515. The Kier molecular flexibility index (Phi) is 3.33. The molecule has 2 heterocycles. The van der Waals surface area contributed by atoms with E-state index in [1.807, 2.05) is 6.92 Å². The number of halogens is 2. The van der Waals surface area contributed by atoms with E-state index in [0.29, 0.717) is 17.4 Å². The van der Waals surface area contributed by atoms with Gasteiger partial charge in [0.1, 0.15) is 0 Å². The minimum absolute atomic E-state index is 0.00629. The van der Waals surface area contributed by atoms with Crippen molar-refractivity contribution in [2.75, 3.05) is 19.6 Å². The van der Waals surface area contributed by atoms with Crippen molar-refractivity contribution >= 4 is 0 Å². The van der Waals surface area contributed by atoms with Crippen LogP contribution in [0.3, 0.4) is 0 Å². The van der Waals surface area contributed by atoms with E-state index in [1.54, 1.807) is 12.1 Å². The van der Waals surface area contributed by atoms with Crippen LogP contribution in [-0.4, -0.2) is 30.1 Å². The van der Waals surface area contributed by atoms with Crippen LogP contribution in [0.15, 0.2) is 18.2 Å². The molecule has 0 radical (unpaired) electrons. The molecule has 0 bridgehead atoms. The molecule has 0 saturated carbocycles. The lowest BCUT2D eigenvalue weighted by molar-refractivity contribution is 0.0949. The van der Waals surface area contributed by atoms with Crippen molar-refractivity contribution in [1.82, 2.24) is 10.2 Å². The molecule has 3 rings (SSSR count). The minimum atomic E-state index is -0.756. The molecular weight excluding hydrogens is 258 g/mol. The Labute approximate surface area is 119 Å². The third-order valence-electron chi connectivity index (χ3n) is 5.32. The van der Waals surface area contributed by atoms with E-state index in [-0.39, 0.29) is 11.6 Å². The molecular formula is C16H22F2N2. The Hall–Kier alpha value is -1.00. The number of hydrogen-bond acceptors (Lipinski definition) is 2. The number of fused-ring (bicyclic) bond motifs is 1. The molecule has 3 atom stereocenters. The van der Waals surface area contributed by atoms with Crippen LogP contribution in [0.2, 0.25) is 0 Å². The lowest BCUT2D eigenvalue weighted by atomic mass is 9.84. The van der Waals surface area contributed by atoms with Crippen molar-refractivity contribution in [3.05, 3.63) is 35.4 Å². The summed E-state index contributed by atoms with van der Waals surface area (Å²) in [4.78, 5) is 2.33. The van der Waals surface area contributed by atoms with Crippen LogP contribution in [0.5, 0.6) is 0 Å². The summed E-state index contributed by atoms with van der Waals surface area (Å²) in [7, 11) is 0. The predicted molar refractivity (Wildman–Crippen MR) is 75.4 cm³/mol. The smallest absolute Gasteiger partial charge is 0.163 e. The SMILES string of the molecule is CC(c1cccc(F)c1F)N1CC2CNCC2C1(C)C. The lowest BCUT2D eigenvalue weighted by Gasteiger charge is -2.40. The normalized spacial score (nSPS) is 30.4. The summed E-state index contributed by atoms with van der Waals surface area (Å²) in [6.07, 6.45) is 0. The van der Waals surface area contributed by atoms with Gasteiger partial charge in [-0.2, -0.15) is 0 Å². The fourth-order valence-electron chi connectivity index (χ4n) is 4.12. The van der Waals surface area contributed by atoms with Crippen molar-refractivity contribution in [3.63, 3.8) is 0 Å². The number of likely N-dealkylation sites (tertiary alicyclic amines) is 1. The summed E-state index contributed by atoms with van der Waals surface area (Å²) in [6, 6.07) is 4.37. The Balaban J connectivity index is 1.91. The van der Waals surface area contributed by atoms with E-state index in [2.05, 4.69) is 24.1 Å². The van der Waals surface area contributed by atoms with Crippen LogP contribution in [0.1, 0.15) is 32.4 Å². The summed E-state index contributed by atoms with van der Waals surface area (Å²) < 4.78 is 27.5. The van der Waals surface area contributed by atoms with Gasteiger partial charge in [0.25, 0.3) is 0 Å². The predicted octanol–water partition coefficient (Wildman–Crippen LogP) is 2.96. The summed E-state index contributed by atoms with van der Waals surface area (Å²) in [5, 5.41) is 3.44. The van der Waals surface area contributed by atoms with Gasteiger partial charge in [0.15, 0.2) is 11.6 Å². The summed E-state index contributed by atoms with van der Waals surface area (Å²) in [6.45, 7) is 9.42. The average molecular weight is 280 g/mol. The van der Waals surface area contributed by atoms with Crippen molar-refractivity contribution < 1.29 is 8.78 Å². The van der Waals surface area contributed by atoms with Gasteiger partial charge in [0, 0.05) is 30.2 Å². The number of nitrogens with one attached hydrogen (secondary N) is 1. The highest BCUT2D eigenvalue weighted by atomic mass is 19.2. The van der Waals surface area contributed by atoms with Crippen LogP contribution >= 0.6 is 0 Å². The standard InChI is InChI=1S/C16H22F2N2/c1-10(12-5-4-6-14(17)15(12)18)20-9-11-7-19-8-13(11)16(20,2)3/h4-6,10-11,13,19H,7-9H2,1-3H3. The average Bonchev–Trinajstić information content (AvgIpc) is 2.95. The van der Waals surface area contributed by atoms with Crippen LogP contribution in [-0.2, 0) is 0 Å². The zero-order valence-corrected chi connectivity index (χ0v) is 12.3. The van der Waals surface area contributed by atoms with Crippen molar-refractivity contribution in [2.45, 2.75) is 32.4 Å².